The number of anilines is 2. The minimum atomic E-state index is -0.255. The van der Waals surface area contributed by atoms with Gasteiger partial charge in [-0.05, 0) is 55.8 Å². The summed E-state index contributed by atoms with van der Waals surface area (Å²) >= 11 is 0. The number of fused-ring (bicyclic) bond motifs is 1. The smallest absolute Gasteiger partial charge is 0.150 e. The molecule has 6 heteroatoms. The molecule has 1 fully saturated rings. The van der Waals surface area contributed by atoms with Gasteiger partial charge in [-0.2, -0.15) is 0 Å². The highest BCUT2D eigenvalue weighted by Gasteiger charge is 2.28. The van der Waals surface area contributed by atoms with Gasteiger partial charge in [-0.25, -0.2) is 14.4 Å². The summed E-state index contributed by atoms with van der Waals surface area (Å²) in [6.45, 7) is 7.02. The van der Waals surface area contributed by atoms with E-state index in [2.05, 4.69) is 66.2 Å². The zero-order chi connectivity index (χ0) is 24.6. The van der Waals surface area contributed by atoms with E-state index in [-0.39, 0.29) is 5.82 Å². The Morgan fingerprint density at radius 2 is 1.56 bits per heavy atom. The average Bonchev–Trinajstić information content (AvgIpc) is 3.30. The molecule has 2 aromatic heterocycles. The summed E-state index contributed by atoms with van der Waals surface area (Å²) in [4.78, 5) is 14.3. The number of hydrogen-bond donors (Lipinski definition) is 0. The molecule has 0 amide bonds. The first-order valence-corrected chi connectivity index (χ1v) is 12.3. The van der Waals surface area contributed by atoms with Crippen LogP contribution in [0.1, 0.15) is 12.5 Å². The topological polar surface area (TPSA) is 37.2 Å². The number of aromatic nitrogens is 3. The van der Waals surface area contributed by atoms with Crippen LogP contribution in [0.2, 0.25) is 0 Å². The lowest BCUT2D eigenvalue weighted by Crippen LogP contribution is -2.52. The van der Waals surface area contributed by atoms with Gasteiger partial charge < -0.3 is 14.4 Å². The van der Waals surface area contributed by atoms with Crippen molar-refractivity contribution in [2.75, 3.05) is 29.4 Å². The molecule has 0 aliphatic carbocycles. The molecule has 0 bridgehead atoms. The van der Waals surface area contributed by atoms with Crippen LogP contribution in [0.4, 0.5) is 15.9 Å². The van der Waals surface area contributed by atoms with E-state index in [9.17, 15) is 4.39 Å². The third-order valence-corrected chi connectivity index (χ3v) is 7.05. The Hall–Kier alpha value is -4.19. The lowest BCUT2D eigenvalue weighted by Gasteiger charge is -2.42. The maximum absolute atomic E-state index is 13.7. The summed E-state index contributed by atoms with van der Waals surface area (Å²) in [5, 5.41) is 1.02. The minimum absolute atomic E-state index is 0.255. The van der Waals surface area contributed by atoms with Gasteiger partial charge in [0.25, 0.3) is 0 Å². The van der Waals surface area contributed by atoms with Crippen LogP contribution in [0, 0.1) is 12.7 Å². The monoisotopic (exact) mass is 477 g/mol. The lowest BCUT2D eigenvalue weighted by molar-refractivity contribution is 0.548. The van der Waals surface area contributed by atoms with Gasteiger partial charge in [-0.15, -0.1) is 0 Å². The SMILES string of the molecule is Cc1ccc(N2CCN(c3ncnc4c3c(-c3ccccc3)cn4-c3ccc(F)cc3)C[C@@H]2C)cc1. The van der Waals surface area contributed by atoms with Crippen LogP contribution < -0.4 is 9.80 Å². The van der Waals surface area contributed by atoms with Gasteiger partial charge >= 0.3 is 0 Å². The predicted molar refractivity (Wildman–Crippen MR) is 144 cm³/mol. The third kappa shape index (κ3) is 3.98. The van der Waals surface area contributed by atoms with Gasteiger partial charge in [0.15, 0.2) is 5.65 Å². The number of halogens is 1. The number of aryl methyl sites for hydroxylation is 1. The number of piperazine rings is 1. The van der Waals surface area contributed by atoms with Gasteiger partial charge in [-0.3, -0.25) is 0 Å². The van der Waals surface area contributed by atoms with Crippen molar-refractivity contribution < 1.29 is 4.39 Å². The molecule has 1 saturated heterocycles. The lowest BCUT2D eigenvalue weighted by atomic mass is 10.1. The molecule has 5 aromatic rings. The summed E-state index contributed by atoms with van der Waals surface area (Å²) in [6.07, 6.45) is 3.74. The fourth-order valence-electron chi connectivity index (χ4n) is 5.19. The Labute approximate surface area is 210 Å². The van der Waals surface area contributed by atoms with Crippen LogP contribution in [0.25, 0.3) is 27.8 Å². The van der Waals surface area contributed by atoms with Gasteiger partial charge in [0.2, 0.25) is 0 Å². The number of hydrogen-bond acceptors (Lipinski definition) is 4. The van der Waals surface area contributed by atoms with E-state index in [1.807, 2.05) is 22.8 Å². The largest absolute Gasteiger partial charge is 0.365 e. The normalized spacial score (nSPS) is 16.0. The summed E-state index contributed by atoms with van der Waals surface area (Å²) in [7, 11) is 0. The molecule has 0 unspecified atom stereocenters. The molecule has 3 heterocycles. The van der Waals surface area contributed by atoms with Crippen LogP contribution in [-0.4, -0.2) is 40.2 Å². The minimum Gasteiger partial charge on any atom is -0.365 e. The van der Waals surface area contributed by atoms with Crippen LogP contribution in [0.3, 0.4) is 0 Å². The maximum atomic E-state index is 13.7. The summed E-state index contributed by atoms with van der Waals surface area (Å²) < 4.78 is 15.7. The second kappa shape index (κ2) is 9.11. The van der Waals surface area contributed by atoms with Gasteiger partial charge in [0, 0.05) is 48.8 Å². The first-order chi connectivity index (χ1) is 17.6. The molecule has 5 nitrogen and oxygen atoms in total. The van der Waals surface area contributed by atoms with Gasteiger partial charge in [0.1, 0.15) is 18.0 Å². The third-order valence-electron chi connectivity index (χ3n) is 7.05. The first kappa shape index (κ1) is 22.3. The molecule has 0 radical (unpaired) electrons. The standard InChI is InChI=1S/C30H28FN5/c1-21-8-12-25(13-9-21)35-17-16-34(18-22(35)2)29-28-27(23-6-4-3-5-7-23)19-36(30(28)33-20-32-29)26-14-10-24(31)11-15-26/h3-15,19-20,22H,16-18H2,1-2H3/t22-/m0/s1. The predicted octanol–water partition coefficient (Wildman–Crippen LogP) is 6.25. The zero-order valence-corrected chi connectivity index (χ0v) is 20.5. The maximum Gasteiger partial charge on any atom is 0.150 e. The van der Waals surface area contributed by atoms with Gasteiger partial charge in [-0.1, -0.05) is 48.0 Å². The summed E-state index contributed by atoms with van der Waals surface area (Å²) in [5.41, 5.74) is 6.38. The highest BCUT2D eigenvalue weighted by Crippen LogP contribution is 2.37. The van der Waals surface area contributed by atoms with Crippen LogP contribution in [0.15, 0.2) is 91.4 Å². The van der Waals surface area contributed by atoms with E-state index in [0.717, 1.165) is 53.3 Å². The number of rotatable bonds is 4. The second-order valence-corrected chi connectivity index (χ2v) is 9.48. The molecule has 6 rings (SSSR count). The van der Waals surface area contributed by atoms with E-state index >= 15 is 0 Å². The average molecular weight is 478 g/mol. The molecule has 1 atom stereocenters. The molecule has 180 valence electrons. The Bertz CT molecular complexity index is 1490. The zero-order valence-electron chi connectivity index (χ0n) is 20.5. The molecule has 0 spiro atoms. The van der Waals surface area contributed by atoms with Crippen molar-refractivity contribution in [3.8, 4) is 16.8 Å². The van der Waals surface area contributed by atoms with Crippen molar-refractivity contribution in [1.82, 2.24) is 14.5 Å². The molecular formula is C30H28FN5. The highest BCUT2D eigenvalue weighted by molar-refractivity contribution is 6.02. The highest BCUT2D eigenvalue weighted by atomic mass is 19.1. The Kier molecular flexibility index (Phi) is 5.64. The van der Waals surface area contributed by atoms with Crippen molar-refractivity contribution in [2.24, 2.45) is 0 Å². The van der Waals surface area contributed by atoms with Crippen molar-refractivity contribution in [2.45, 2.75) is 19.9 Å². The fraction of sp³-hybridized carbons (Fsp3) is 0.200. The Morgan fingerprint density at radius 3 is 2.28 bits per heavy atom. The van der Waals surface area contributed by atoms with E-state index < -0.39 is 0 Å². The van der Waals surface area contributed by atoms with E-state index in [4.69, 9.17) is 9.97 Å². The van der Waals surface area contributed by atoms with Crippen LogP contribution >= 0.6 is 0 Å². The van der Waals surface area contributed by atoms with Crippen molar-refractivity contribution >= 4 is 22.5 Å². The molecule has 3 aromatic carbocycles. The number of nitrogens with zero attached hydrogens (tertiary/aromatic N) is 5. The molecule has 36 heavy (non-hydrogen) atoms. The number of benzene rings is 3. The van der Waals surface area contributed by atoms with E-state index in [0.29, 0.717) is 6.04 Å². The molecular weight excluding hydrogens is 449 g/mol. The Balaban J connectivity index is 1.43. The van der Waals surface area contributed by atoms with Crippen LogP contribution in [-0.2, 0) is 0 Å². The second-order valence-electron chi connectivity index (χ2n) is 9.48. The van der Waals surface area contributed by atoms with Crippen molar-refractivity contribution in [1.29, 1.82) is 0 Å². The van der Waals surface area contributed by atoms with Crippen LogP contribution in [0.5, 0.6) is 0 Å². The summed E-state index contributed by atoms with van der Waals surface area (Å²) in [5.74, 6) is 0.685. The molecule has 0 N–H and O–H groups in total. The molecule has 1 aliphatic heterocycles. The fourth-order valence-corrected chi connectivity index (χ4v) is 5.19. The molecule has 0 saturated carbocycles. The van der Waals surface area contributed by atoms with Crippen molar-refractivity contribution in [3.63, 3.8) is 0 Å². The first-order valence-electron chi connectivity index (χ1n) is 12.3. The van der Waals surface area contributed by atoms with E-state index in [1.165, 1.54) is 23.4 Å². The summed E-state index contributed by atoms with van der Waals surface area (Å²) in [6, 6.07) is 26.0. The quantitative estimate of drug-likeness (QED) is 0.307. The van der Waals surface area contributed by atoms with E-state index in [1.54, 1.807) is 18.5 Å². The van der Waals surface area contributed by atoms with Gasteiger partial charge in [0.05, 0.1) is 5.39 Å². The molecule has 1 aliphatic rings. The van der Waals surface area contributed by atoms with Crippen molar-refractivity contribution in [3.05, 3.63) is 103 Å². The Morgan fingerprint density at radius 1 is 0.833 bits per heavy atom.